The summed E-state index contributed by atoms with van der Waals surface area (Å²) < 4.78 is 6.01. The third kappa shape index (κ3) is 4.49. The Bertz CT molecular complexity index is 1190. The number of aryl methyl sites for hydroxylation is 2. The molecule has 0 aliphatic heterocycles. The number of benzene rings is 4. The number of fused-ring (bicyclic) bond motifs is 1. The fraction of sp³-hybridized carbons (Fsp3) is 0.115. The van der Waals surface area contributed by atoms with Gasteiger partial charge >= 0.3 is 0 Å². The Morgan fingerprint density at radius 3 is 2.59 bits per heavy atom. The Hall–Kier alpha value is -3.10. The first-order valence-electron chi connectivity index (χ1n) is 9.60. The lowest BCUT2D eigenvalue weighted by molar-refractivity contribution is 0.308. The molecule has 0 radical (unpaired) electrons. The van der Waals surface area contributed by atoms with Crippen molar-refractivity contribution in [3.8, 4) is 5.75 Å². The Balaban J connectivity index is 1.50. The van der Waals surface area contributed by atoms with Crippen LogP contribution >= 0.6 is 11.6 Å². The molecular formula is C26H22ClNO. The van der Waals surface area contributed by atoms with E-state index in [0.29, 0.717) is 17.4 Å². The molecule has 144 valence electrons. The van der Waals surface area contributed by atoms with Crippen molar-refractivity contribution in [2.24, 2.45) is 4.99 Å². The van der Waals surface area contributed by atoms with E-state index in [1.54, 1.807) is 0 Å². The van der Waals surface area contributed by atoms with E-state index in [0.717, 1.165) is 22.4 Å². The van der Waals surface area contributed by atoms with Gasteiger partial charge in [-0.3, -0.25) is 4.99 Å². The number of nitrogens with zero attached hydrogens (tertiary/aromatic N) is 1. The van der Waals surface area contributed by atoms with Gasteiger partial charge in [0.25, 0.3) is 0 Å². The van der Waals surface area contributed by atoms with Crippen molar-refractivity contribution in [3.63, 3.8) is 0 Å². The minimum Gasteiger partial charge on any atom is -0.487 e. The minimum atomic E-state index is 0.469. The molecule has 0 spiro atoms. The fourth-order valence-corrected chi connectivity index (χ4v) is 3.53. The van der Waals surface area contributed by atoms with Gasteiger partial charge < -0.3 is 4.74 Å². The second kappa shape index (κ2) is 8.50. The summed E-state index contributed by atoms with van der Waals surface area (Å²) >= 11 is 6.47. The molecule has 0 fully saturated rings. The molecule has 2 nitrogen and oxygen atoms in total. The highest BCUT2D eigenvalue weighted by atomic mass is 35.5. The van der Waals surface area contributed by atoms with Gasteiger partial charge in [0.2, 0.25) is 0 Å². The summed E-state index contributed by atoms with van der Waals surface area (Å²) in [5, 5.41) is 2.98. The molecule has 0 bridgehead atoms. The molecule has 4 aromatic rings. The third-order valence-corrected chi connectivity index (χ3v) is 5.23. The summed E-state index contributed by atoms with van der Waals surface area (Å²) in [4.78, 5) is 4.61. The topological polar surface area (TPSA) is 21.6 Å². The second-order valence-corrected chi connectivity index (χ2v) is 7.57. The Morgan fingerprint density at radius 1 is 0.897 bits per heavy atom. The highest BCUT2D eigenvalue weighted by Crippen LogP contribution is 2.28. The predicted molar refractivity (Wildman–Crippen MR) is 123 cm³/mol. The molecule has 0 aliphatic carbocycles. The first-order valence-corrected chi connectivity index (χ1v) is 9.98. The molecule has 4 aromatic carbocycles. The zero-order valence-electron chi connectivity index (χ0n) is 16.5. The quantitative estimate of drug-likeness (QED) is 0.319. The lowest BCUT2D eigenvalue weighted by Crippen LogP contribution is -1.97. The lowest BCUT2D eigenvalue weighted by Gasteiger charge is -2.11. The van der Waals surface area contributed by atoms with E-state index in [9.17, 15) is 0 Å². The van der Waals surface area contributed by atoms with E-state index >= 15 is 0 Å². The molecule has 3 heteroatoms. The van der Waals surface area contributed by atoms with Gasteiger partial charge in [0.1, 0.15) is 12.4 Å². The van der Waals surface area contributed by atoms with Gasteiger partial charge in [-0.05, 0) is 71.1 Å². The average molecular weight is 400 g/mol. The van der Waals surface area contributed by atoms with E-state index < -0.39 is 0 Å². The van der Waals surface area contributed by atoms with Crippen LogP contribution in [0.1, 0.15) is 22.3 Å². The van der Waals surface area contributed by atoms with E-state index in [1.807, 2.05) is 36.5 Å². The number of ether oxygens (including phenoxy) is 1. The van der Waals surface area contributed by atoms with Crippen LogP contribution in [0.25, 0.3) is 10.8 Å². The molecule has 0 amide bonds. The lowest BCUT2D eigenvalue weighted by atomic mass is 10.1. The van der Waals surface area contributed by atoms with E-state index in [1.165, 1.54) is 16.3 Å². The molecule has 0 saturated carbocycles. The highest BCUT2D eigenvalue weighted by molar-refractivity contribution is 6.32. The molecule has 0 unspecified atom stereocenters. The normalized spacial score (nSPS) is 11.3. The number of hydrogen-bond acceptors (Lipinski definition) is 2. The van der Waals surface area contributed by atoms with Crippen molar-refractivity contribution >= 4 is 34.3 Å². The van der Waals surface area contributed by atoms with Crippen LogP contribution in [0.3, 0.4) is 0 Å². The zero-order valence-corrected chi connectivity index (χ0v) is 17.3. The molecule has 0 aliphatic rings. The average Bonchev–Trinajstić information content (AvgIpc) is 2.73. The SMILES string of the molecule is Cc1ccc(C)c(N=Cc2ccc(OCc3cccc4ccccc34)c(Cl)c2)c1. The molecule has 29 heavy (non-hydrogen) atoms. The van der Waals surface area contributed by atoms with Crippen molar-refractivity contribution in [1.29, 1.82) is 0 Å². The maximum absolute atomic E-state index is 6.47. The molecular weight excluding hydrogens is 378 g/mol. The maximum Gasteiger partial charge on any atom is 0.138 e. The standard InChI is InChI=1S/C26H22ClNO/c1-18-10-11-19(2)25(14-18)28-16-20-12-13-26(24(27)15-20)29-17-22-8-5-7-21-6-3-4-9-23(21)22/h3-16H,17H2,1-2H3. The van der Waals surface area contributed by atoms with Gasteiger partial charge in [0, 0.05) is 6.21 Å². The fourth-order valence-electron chi connectivity index (χ4n) is 3.29. The summed E-state index contributed by atoms with van der Waals surface area (Å²) in [6.45, 7) is 4.59. The minimum absolute atomic E-state index is 0.469. The highest BCUT2D eigenvalue weighted by Gasteiger charge is 2.06. The number of halogens is 1. The first kappa shape index (κ1) is 19.2. The van der Waals surface area contributed by atoms with Crippen LogP contribution < -0.4 is 4.74 Å². The summed E-state index contributed by atoms with van der Waals surface area (Å²) in [6.07, 6.45) is 1.84. The van der Waals surface area contributed by atoms with E-state index in [-0.39, 0.29) is 0 Å². The molecule has 4 rings (SSSR count). The van der Waals surface area contributed by atoms with Crippen LogP contribution in [0.2, 0.25) is 5.02 Å². The molecule has 0 saturated heterocycles. The monoisotopic (exact) mass is 399 g/mol. The van der Waals surface area contributed by atoms with Crippen molar-refractivity contribution in [2.45, 2.75) is 20.5 Å². The van der Waals surface area contributed by atoms with Crippen LogP contribution in [0, 0.1) is 13.8 Å². The van der Waals surface area contributed by atoms with Gasteiger partial charge in [-0.2, -0.15) is 0 Å². The third-order valence-electron chi connectivity index (χ3n) is 4.94. The molecule has 0 atom stereocenters. The number of aliphatic imine (C=N–C) groups is 1. The first-order chi connectivity index (χ1) is 14.1. The zero-order chi connectivity index (χ0) is 20.2. The van der Waals surface area contributed by atoms with E-state index in [4.69, 9.17) is 16.3 Å². The van der Waals surface area contributed by atoms with E-state index in [2.05, 4.69) is 67.4 Å². The molecule has 0 aromatic heterocycles. The summed E-state index contributed by atoms with van der Waals surface area (Å²) in [5.74, 6) is 0.670. The van der Waals surface area contributed by atoms with Gasteiger partial charge in [-0.25, -0.2) is 0 Å². The van der Waals surface area contributed by atoms with Crippen LogP contribution in [-0.4, -0.2) is 6.21 Å². The van der Waals surface area contributed by atoms with Crippen molar-refractivity contribution in [1.82, 2.24) is 0 Å². The van der Waals surface area contributed by atoms with Crippen molar-refractivity contribution in [2.75, 3.05) is 0 Å². The maximum atomic E-state index is 6.47. The predicted octanol–water partition coefficient (Wildman–Crippen LogP) is 7.44. The largest absolute Gasteiger partial charge is 0.487 e. The Kier molecular flexibility index (Phi) is 5.64. The van der Waals surface area contributed by atoms with Crippen LogP contribution in [0.15, 0.2) is 83.9 Å². The smallest absolute Gasteiger partial charge is 0.138 e. The number of rotatable bonds is 5. The van der Waals surface area contributed by atoms with Gasteiger partial charge in [-0.15, -0.1) is 0 Å². The molecule has 0 heterocycles. The van der Waals surface area contributed by atoms with Crippen molar-refractivity contribution < 1.29 is 4.74 Å². The van der Waals surface area contributed by atoms with Gasteiger partial charge in [0.05, 0.1) is 10.7 Å². The van der Waals surface area contributed by atoms with Crippen LogP contribution in [-0.2, 0) is 6.61 Å². The van der Waals surface area contributed by atoms with Gasteiger partial charge in [0.15, 0.2) is 0 Å². The second-order valence-electron chi connectivity index (χ2n) is 7.16. The molecule has 0 N–H and O–H groups in total. The summed E-state index contributed by atoms with van der Waals surface area (Å²) in [6, 6.07) is 26.6. The van der Waals surface area contributed by atoms with Gasteiger partial charge in [-0.1, -0.05) is 66.2 Å². The Labute approximate surface area is 176 Å². The number of hydrogen-bond donors (Lipinski definition) is 0. The van der Waals surface area contributed by atoms with Crippen molar-refractivity contribution in [3.05, 3.63) is 106 Å². The van der Waals surface area contributed by atoms with Crippen LogP contribution in [0.4, 0.5) is 5.69 Å². The summed E-state index contributed by atoms with van der Waals surface area (Å²) in [5.41, 5.74) is 5.39. The Morgan fingerprint density at radius 2 is 1.72 bits per heavy atom. The van der Waals surface area contributed by atoms with Crippen LogP contribution in [0.5, 0.6) is 5.75 Å². The summed E-state index contributed by atoms with van der Waals surface area (Å²) in [7, 11) is 0.